The average Bonchev–Trinajstić information content (AvgIpc) is 2.43. The van der Waals surface area contributed by atoms with Crippen molar-refractivity contribution in [1.82, 2.24) is 9.88 Å². The lowest BCUT2D eigenvalue weighted by molar-refractivity contribution is -0.134. The molecule has 0 spiro atoms. The SMILES string of the molecule is Nc1ccc(NCCC(=O)N2CCOCC2)nc1N. The number of hydrogen-bond acceptors (Lipinski definition) is 6. The molecule has 1 aliphatic heterocycles. The Morgan fingerprint density at radius 3 is 2.79 bits per heavy atom. The van der Waals surface area contributed by atoms with Crippen LogP contribution in [-0.2, 0) is 9.53 Å². The van der Waals surface area contributed by atoms with Crippen molar-refractivity contribution in [2.24, 2.45) is 0 Å². The summed E-state index contributed by atoms with van der Waals surface area (Å²) in [7, 11) is 0. The second-order valence-corrected chi connectivity index (χ2v) is 4.34. The number of nitrogens with two attached hydrogens (primary N) is 2. The highest BCUT2D eigenvalue weighted by molar-refractivity contribution is 5.76. The van der Waals surface area contributed by atoms with E-state index in [-0.39, 0.29) is 5.91 Å². The summed E-state index contributed by atoms with van der Waals surface area (Å²) in [6.07, 6.45) is 0.423. The number of hydrogen-bond donors (Lipinski definition) is 3. The van der Waals surface area contributed by atoms with Gasteiger partial charge in [-0.15, -0.1) is 0 Å². The normalized spacial score (nSPS) is 15.3. The molecule has 0 saturated carbocycles. The molecule has 1 aromatic heterocycles. The van der Waals surface area contributed by atoms with Crippen LogP contribution >= 0.6 is 0 Å². The molecule has 104 valence electrons. The molecule has 1 saturated heterocycles. The van der Waals surface area contributed by atoms with Crippen LogP contribution < -0.4 is 16.8 Å². The Hall–Kier alpha value is -2.02. The van der Waals surface area contributed by atoms with Crippen molar-refractivity contribution >= 4 is 23.2 Å². The molecule has 7 nitrogen and oxygen atoms in total. The van der Waals surface area contributed by atoms with Crippen LogP contribution in [0.3, 0.4) is 0 Å². The molecular weight excluding hydrogens is 246 g/mol. The molecule has 0 atom stereocenters. The van der Waals surface area contributed by atoms with Crippen LogP contribution in [0.25, 0.3) is 0 Å². The zero-order chi connectivity index (χ0) is 13.7. The highest BCUT2D eigenvalue weighted by Crippen LogP contribution is 2.14. The van der Waals surface area contributed by atoms with Gasteiger partial charge in [-0.3, -0.25) is 4.79 Å². The summed E-state index contributed by atoms with van der Waals surface area (Å²) in [5.74, 6) is 1.05. The smallest absolute Gasteiger partial charge is 0.224 e. The zero-order valence-corrected chi connectivity index (χ0v) is 10.8. The summed E-state index contributed by atoms with van der Waals surface area (Å²) in [5.41, 5.74) is 11.6. The largest absolute Gasteiger partial charge is 0.396 e. The van der Waals surface area contributed by atoms with Gasteiger partial charge in [0.15, 0.2) is 0 Å². The highest BCUT2D eigenvalue weighted by atomic mass is 16.5. The molecule has 2 heterocycles. The molecule has 19 heavy (non-hydrogen) atoms. The fourth-order valence-electron chi connectivity index (χ4n) is 1.85. The van der Waals surface area contributed by atoms with Gasteiger partial charge in [-0.05, 0) is 12.1 Å². The summed E-state index contributed by atoms with van der Waals surface area (Å²) in [6.45, 7) is 3.11. The van der Waals surface area contributed by atoms with E-state index < -0.39 is 0 Å². The van der Waals surface area contributed by atoms with E-state index in [1.165, 1.54) is 0 Å². The van der Waals surface area contributed by atoms with Crippen LogP contribution in [0.1, 0.15) is 6.42 Å². The third-order valence-electron chi connectivity index (χ3n) is 2.97. The van der Waals surface area contributed by atoms with Crippen molar-refractivity contribution in [2.75, 3.05) is 49.6 Å². The number of carbonyl (C=O) groups is 1. The first-order valence-electron chi connectivity index (χ1n) is 6.28. The van der Waals surface area contributed by atoms with Crippen molar-refractivity contribution in [3.8, 4) is 0 Å². The Morgan fingerprint density at radius 2 is 2.11 bits per heavy atom. The molecule has 1 aromatic rings. The maximum absolute atomic E-state index is 11.9. The van der Waals surface area contributed by atoms with Gasteiger partial charge in [-0.2, -0.15) is 0 Å². The van der Waals surface area contributed by atoms with Gasteiger partial charge >= 0.3 is 0 Å². The molecule has 0 radical (unpaired) electrons. The monoisotopic (exact) mass is 265 g/mol. The zero-order valence-electron chi connectivity index (χ0n) is 10.8. The summed E-state index contributed by atoms with van der Waals surface area (Å²) in [6, 6.07) is 3.43. The van der Waals surface area contributed by atoms with E-state index in [0.717, 1.165) is 0 Å². The number of rotatable bonds is 4. The number of anilines is 3. The average molecular weight is 265 g/mol. The molecule has 1 amide bonds. The number of morpholine rings is 1. The van der Waals surface area contributed by atoms with Crippen molar-refractivity contribution in [3.05, 3.63) is 12.1 Å². The van der Waals surface area contributed by atoms with Crippen molar-refractivity contribution in [2.45, 2.75) is 6.42 Å². The third-order valence-corrected chi connectivity index (χ3v) is 2.97. The number of carbonyl (C=O) groups excluding carboxylic acids is 1. The summed E-state index contributed by atoms with van der Waals surface area (Å²) in [5, 5.41) is 3.06. The Balaban J connectivity index is 1.76. The minimum atomic E-state index is 0.124. The maximum atomic E-state index is 11.9. The molecule has 1 fully saturated rings. The fraction of sp³-hybridized carbons (Fsp3) is 0.500. The number of aromatic nitrogens is 1. The van der Waals surface area contributed by atoms with E-state index in [2.05, 4.69) is 10.3 Å². The molecule has 0 unspecified atom stereocenters. The Labute approximate surface area is 111 Å². The lowest BCUT2D eigenvalue weighted by Gasteiger charge is -2.26. The predicted octanol–water partition coefficient (Wildman–Crippen LogP) is -0.0932. The summed E-state index contributed by atoms with van der Waals surface area (Å²) < 4.78 is 5.20. The first-order valence-corrected chi connectivity index (χ1v) is 6.28. The van der Waals surface area contributed by atoms with Crippen molar-refractivity contribution < 1.29 is 9.53 Å². The Morgan fingerprint density at radius 1 is 1.37 bits per heavy atom. The number of nitrogens with zero attached hydrogens (tertiary/aromatic N) is 2. The number of ether oxygens (including phenoxy) is 1. The molecule has 2 rings (SSSR count). The predicted molar refractivity (Wildman–Crippen MR) is 73.6 cm³/mol. The Bertz CT molecular complexity index is 446. The van der Waals surface area contributed by atoms with Crippen LogP contribution in [0.2, 0.25) is 0 Å². The van der Waals surface area contributed by atoms with Gasteiger partial charge in [-0.1, -0.05) is 0 Å². The van der Waals surface area contributed by atoms with E-state index in [0.29, 0.717) is 56.6 Å². The molecule has 7 heteroatoms. The summed E-state index contributed by atoms with van der Waals surface area (Å²) >= 11 is 0. The van der Waals surface area contributed by atoms with E-state index in [9.17, 15) is 4.79 Å². The van der Waals surface area contributed by atoms with E-state index >= 15 is 0 Å². The van der Waals surface area contributed by atoms with Crippen LogP contribution in [0, 0.1) is 0 Å². The number of nitrogens with one attached hydrogen (secondary N) is 1. The first kappa shape index (κ1) is 13.4. The molecule has 0 aliphatic carbocycles. The topological polar surface area (TPSA) is 106 Å². The number of nitrogen functional groups attached to an aromatic ring is 2. The van der Waals surface area contributed by atoms with Crippen LogP contribution in [0.4, 0.5) is 17.3 Å². The van der Waals surface area contributed by atoms with E-state index in [1.54, 1.807) is 12.1 Å². The highest BCUT2D eigenvalue weighted by Gasteiger charge is 2.15. The minimum Gasteiger partial charge on any atom is -0.396 e. The van der Waals surface area contributed by atoms with E-state index in [1.807, 2.05) is 4.90 Å². The van der Waals surface area contributed by atoms with E-state index in [4.69, 9.17) is 16.2 Å². The molecule has 0 aromatic carbocycles. The van der Waals surface area contributed by atoms with Gasteiger partial charge in [0.25, 0.3) is 0 Å². The third kappa shape index (κ3) is 3.72. The van der Waals surface area contributed by atoms with Gasteiger partial charge in [-0.25, -0.2) is 4.98 Å². The van der Waals surface area contributed by atoms with Crippen molar-refractivity contribution in [3.63, 3.8) is 0 Å². The Kier molecular flexibility index (Phi) is 4.40. The first-order chi connectivity index (χ1) is 9.16. The summed E-state index contributed by atoms with van der Waals surface area (Å²) in [4.78, 5) is 17.8. The van der Waals surface area contributed by atoms with Crippen molar-refractivity contribution in [1.29, 1.82) is 0 Å². The quantitative estimate of drug-likeness (QED) is 0.702. The second kappa shape index (κ2) is 6.24. The molecule has 0 bridgehead atoms. The minimum absolute atomic E-state index is 0.124. The lowest BCUT2D eigenvalue weighted by atomic mass is 10.3. The molecule has 1 aliphatic rings. The van der Waals surface area contributed by atoms with Gasteiger partial charge in [0.1, 0.15) is 11.6 Å². The van der Waals surface area contributed by atoms with Gasteiger partial charge in [0, 0.05) is 26.1 Å². The van der Waals surface area contributed by atoms with Crippen LogP contribution in [0.5, 0.6) is 0 Å². The van der Waals surface area contributed by atoms with Gasteiger partial charge in [0.2, 0.25) is 5.91 Å². The van der Waals surface area contributed by atoms with Gasteiger partial charge < -0.3 is 26.4 Å². The molecule has 5 N–H and O–H groups in total. The maximum Gasteiger partial charge on any atom is 0.224 e. The number of pyridine rings is 1. The van der Waals surface area contributed by atoms with Gasteiger partial charge in [0.05, 0.1) is 18.9 Å². The lowest BCUT2D eigenvalue weighted by Crippen LogP contribution is -2.41. The second-order valence-electron chi connectivity index (χ2n) is 4.34. The number of amides is 1. The fourth-order valence-corrected chi connectivity index (χ4v) is 1.85. The van der Waals surface area contributed by atoms with Crippen LogP contribution in [0.15, 0.2) is 12.1 Å². The van der Waals surface area contributed by atoms with Crippen LogP contribution in [-0.4, -0.2) is 48.6 Å². The standard InChI is InChI=1S/C12H19N5O2/c13-9-1-2-10(16-12(9)14)15-4-3-11(18)17-5-7-19-8-6-17/h1-2H,3-8,13H2,(H3,14,15,16). The molecular formula is C12H19N5O2.